The molecule has 0 aliphatic heterocycles. The van der Waals surface area contributed by atoms with Crippen molar-refractivity contribution >= 4 is 11.6 Å². The van der Waals surface area contributed by atoms with Crippen molar-refractivity contribution in [3.63, 3.8) is 0 Å². The minimum Gasteiger partial charge on any atom is -0.398 e. The molecule has 0 fully saturated rings. The van der Waals surface area contributed by atoms with Crippen LogP contribution in [0.3, 0.4) is 0 Å². The molecule has 0 saturated carbocycles. The zero-order valence-electron chi connectivity index (χ0n) is 12.2. The van der Waals surface area contributed by atoms with Crippen molar-refractivity contribution in [2.24, 2.45) is 0 Å². The Morgan fingerprint density at radius 1 is 1.26 bits per heavy atom. The van der Waals surface area contributed by atoms with Crippen LogP contribution in [0, 0.1) is 13.8 Å². The quantitative estimate of drug-likeness (QED) is 0.713. The van der Waals surface area contributed by atoms with Crippen LogP contribution in [0.4, 0.5) is 5.69 Å². The fraction of sp³-hybridized carbons (Fsp3) is 0.533. The lowest BCUT2D eigenvalue weighted by Gasteiger charge is -2.31. The molecular weight excluding hydrogens is 240 g/mol. The fourth-order valence-corrected chi connectivity index (χ4v) is 2.11. The van der Waals surface area contributed by atoms with Crippen LogP contribution in [0.2, 0.25) is 0 Å². The number of rotatable bonds is 5. The highest BCUT2D eigenvalue weighted by Gasteiger charge is 2.28. The van der Waals surface area contributed by atoms with Crippen LogP contribution < -0.4 is 11.1 Å². The van der Waals surface area contributed by atoms with Crippen LogP contribution in [0.5, 0.6) is 0 Å². The summed E-state index contributed by atoms with van der Waals surface area (Å²) in [6.07, 6.45) is 1.37. The first-order valence-corrected chi connectivity index (χ1v) is 6.69. The van der Waals surface area contributed by atoms with E-state index < -0.39 is 5.54 Å². The first-order chi connectivity index (χ1) is 8.89. The molecule has 1 aromatic rings. The number of carbonyl (C=O) groups excluding carboxylic acids is 1. The van der Waals surface area contributed by atoms with Gasteiger partial charge in [0.15, 0.2) is 0 Å². The van der Waals surface area contributed by atoms with Gasteiger partial charge < -0.3 is 16.2 Å². The van der Waals surface area contributed by atoms with Crippen molar-refractivity contribution < 1.29 is 9.90 Å². The van der Waals surface area contributed by atoms with Crippen molar-refractivity contribution in [3.05, 3.63) is 28.8 Å². The lowest BCUT2D eigenvalue weighted by Crippen LogP contribution is -2.50. The molecule has 0 spiro atoms. The van der Waals surface area contributed by atoms with E-state index in [2.05, 4.69) is 5.32 Å². The Morgan fingerprint density at radius 3 is 2.32 bits per heavy atom. The standard InChI is InChI=1S/C15H24N2O2/c1-5-15(6-2,9-18)17-14(19)12-8-13(16)11(4)7-10(12)3/h7-8,18H,5-6,9,16H2,1-4H3,(H,17,19). The second-order valence-corrected chi connectivity index (χ2v) is 5.12. The predicted molar refractivity (Wildman–Crippen MR) is 78.2 cm³/mol. The normalized spacial score (nSPS) is 11.4. The molecule has 0 bridgehead atoms. The highest BCUT2D eigenvalue weighted by molar-refractivity contribution is 5.97. The summed E-state index contributed by atoms with van der Waals surface area (Å²) < 4.78 is 0. The molecule has 0 heterocycles. The third-order valence-electron chi connectivity index (χ3n) is 3.89. The van der Waals surface area contributed by atoms with Crippen LogP contribution in [0.25, 0.3) is 0 Å². The van der Waals surface area contributed by atoms with Gasteiger partial charge in [-0.3, -0.25) is 4.79 Å². The maximum Gasteiger partial charge on any atom is 0.252 e. The number of aliphatic hydroxyl groups is 1. The van der Waals surface area contributed by atoms with E-state index in [1.165, 1.54) is 0 Å². The van der Waals surface area contributed by atoms with E-state index in [1.807, 2.05) is 33.8 Å². The highest BCUT2D eigenvalue weighted by atomic mass is 16.3. The molecule has 106 valence electrons. The minimum absolute atomic E-state index is 0.0634. The van der Waals surface area contributed by atoms with Gasteiger partial charge in [-0.15, -0.1) is 0 Å². The second kappa shape index (κ2) is 6.06. The molecule has 0 unspecified atom stereocenters. The summed E-state index contributed by atoms with van der Waals surface area (Å²) in [5, 5.41) is 12.4. The van der Waals surface area contributed by atoms with Crippen LogP contribution in [0.1, 0.15) is 48.2 Å². The van der Waals surface area contributed by atoms with Gasteiger partial charge in [0.1, 0.15) is 0 Å². The molecule has 1 rings (SSSR count). The van der Waals surface area contributed by atoms with Gasteiger partial charge in [0.25, 0.3) is 5.91 Å². The van der Waals surface area contributed by atoms with Gasteiger partial charge in [0.05, 0.1) is 12.1 Å². The number of amides is 1. The van der Waals surface area contributed by atoms with E-state index >= 15 is 0 Å². The molecule has 0 aromatic heterocycles. The molecule has 1 amide bonds. The molecule has 4 N–H and O–H groups in total. The Balaban J connectivity index is 3.04. The summed E-state index contributed by atoms with van der Waals surface area (Å²) in [6, 6.07) is 3.61. The van der Waals surface area contributed by atoms with Crippen LogP contribution in [0.15, 0.2) is 12.1 Å². The molecule has 0 atom stereocenters. The summed E-state index contributed by atoms with van der Waals surface area (Å²) in [5.74, 6) is -0.179. The first kappa shape index (κ1) is 15.5. The van der Waals surface area contributed by atoms with E-state index in [4.69, 9.17) is 5.73 Å². The molecule has 4 heteroatoms. The average molecular weight is 264 g/mol. The Bertz CT molecular complexity index is 457. The monoisotopic (exact) mass is 264 g/mol. The number of nitrogens with one attached hydrogen (secondary N) is 1. The van der Waals surface area contributed by atoms with Gasteiger partial charge in [-0.2, -0.15) is 0 Å². The summed E-state index contributed by atoms with van der Waals surface area (Å²) in [7, 11) is 0. The van der Waals surface area contributed by atoms with Gasteiger partial charge in [0, 0.05) is 11.3 Å². The summed E-state index contributed by atoms with van der Waals surface area (Å²) in [5.41, 5.74) is 8.35. The molecule has 0 aliphatic rings. The lowest BCUT2D eigenvalue weighted by molar-refractivity contribution is 0.0817. The van der Waals surface area contributed by atoms with E-state index in [-0.39, 0.29) is 12.5 Å². The maximum atomic E-state index is 12.3. The Kier molecular flexibility index (Phi) is 4.95. The molecule has 0 radical (unpaired) electrons. The zero-order valence-corrected chi connectivity index (χ0v) is 12.2. The average Bonchev–Trinajstić information content (AvgIpc) is 2.40. The van der Waals surface area contributed by atoms with E-state index in [9.17, 15) is 9.90 Å². The van der Waals surface area contributed by atoms with Gasteiger partial charge >= 0.3 is 0 Å². The van der Waals surface area contributed by atoms with Crippen molar-refractivity contribution in [1.29, 1.82) is 0 Å². The number of aliphatic hydroxyl groups excluding tert-OH is 1. The Labute approximate surface area is 115 Å². The topological polar surface area (TPSA) is 75.3 Å². The summed E-state index contributed by atoms with van der Waals surface area (Å²) in [4.78, 5) is 12.3. The van der Waals surface area contributed by atoms with Gasteiger partial charge in [-0.25, -0.2) is 0 Å². The molecular formula is C15H24N2O2. The third kappa shape index (κ3) is 3.26. The van der Waals surface area contributed by atoms with Crippen LogP contribution >= 0.6 is 0 Å². The van der Waals surface area contributed by atoms with Crippen molar-refractivity contribution in [1.82, 2.24) is 5.32 Å². The first-order valence-electron chi connectivity index (χ1n) is 6.69. The SMILES string of the molecule is CCC(CC)(CO)NC(=O)c1cc(N)c(C)cc1C. The number of benzene rings is 1. The number of carbonyl (C=O) groups is 1. The van der Waals surface area contributed by atoms with Crippen LogP contribution in [-0.4, -0.2) is 23.2 Å². The molecule has 1 aromatic carbocycles. The minimum atomic E-state index is -0.552. The number of nitrogen functional groups attached to an aromatic ring is 1. The number of hydrogen-bond donors (Lipinski definition) is 3. The highest BCUT2D eigenvalue weighted by Crippen LogP contribution is 2.20. The lowest BCUT2D eigenvalue weighted by atomic mass is 9.92. The summed E-state index contributed by atoms with van der Waals surface area (Å²) in [6.45, 7) is 7.65. The van der Waals surface area contributed by atoms with E-state index in [1.54, 1.807) is 6.07 Å². The number of anilines is 1. The number of hydrogen-bond acceptors (Lipinski definition) is 3. The fourth-order valence-electron chi connectivity index (χ4n) is 2.11. The van der Waals surface area contributed by atoms with Crippen molar-refractivity contribution in [2.75, 3.05) is 12.3 Å². The number of aryl methyl sites for hydroxylation is 2. The molecule has 0 aliphatic carbocycles. The van der Waals surface area contributed by atoms with Gasteiger partial charge in [-0.1, -0.05) is 19.9 Å². The van der Waals surface area contributed by atoms with Gasteiger partial charge in [-0.05, 0) is 43.9 Å². The van der Waals surface area contributed by atoms with Crippen molar-refractivity contribution in [3.8, 4) is 0 Å². The maximum absolute atomic E-state index is 12.3. The Morgan fingerprint density at radius 2 is 1.84 bits per heavy atom. The van der Waals surface area contributed by atoms with Gasteiger partial charge in [0.2, 0.25) is 0 Å². The third-order valence-corrected chi connectivity index (χ3v) is 3.89. The van der Waals surface area contributed by atoms with E-state index in [0.717, 1.165) is 11.1 Å². The number of nitrogens with two attached hydrogens (primary N) is 1. The van der Waals surface area contributed by atoms with Crippen LogP contribution in [-0.2, 0) is 0 Å². The Hall–Kier alpha value is -1.55. The van der Waals surface area contributed by atoms with E-state index in [0.29, 0.717) is 24.1 Å². The van der Waals surface area contributed by atoms with Crippen molar-refractivity contribution in [2.45, 2.75) is 46.1 Å². The largest absolute Gasteiger partial charge is 0.398 e. The predicted octanol–water partition coefficient (Wildman–Crippen LogP) is 2.17. The zero-order chi connectivity index (χ0) is 14.6. The molecule has 19 heavy (non-hydrogen) atoms. The summed E-state index contributed by atoms with van der Waals surface area (Å²) >= 11 is 0. The molecule has 4 nitrogen and oxygen atoms in total. The smallest absolute Gasteiger partial charge is 0.252 e. The second-order valence-electron chi connectivity index (χ2n) is 5.12. The molecule has 0 saturated heterocycles.